The Kier molecular flexibility index (Phi) is 5.13. The molecule has 31 heavy (non-hydrogen) atoms. The number of carbonyl (C=O) groups excluding carboxylic acids is 1. The molecule has 1 aromatic carbocycles. The minimum atomic E-state index is -0.00862. The number of rotatable bonds is 4. The summed E-state index contributed by atoms with van der Waals surface area (Å²) in [4.78, 5) is 28.1. The van der Waals surface area contributed by atoms with Crippen molar-refractivity contribution < 1.29 is 4.79 Å². The van der Waals surface area contributed by atoms with E-state index in [0.717, 1.165) is 48.4 Å². The lowest BCUT2D eigenvalue weighted by atomic mass is 9.97. The molecule has 2 aromatic heterocycles. The first-order valence-corrected chi connectivity index (χ1v) is 11.0. The Balaban J connectivity index is 1.20. The SMILES string of the molecule is CCn1nnc2c(N3CC(C(=O)N4CCN(c5cc(Cl)ccc5C)CC4)C3)ncnc21. The third-order valence-electron chi connectivity index (χ3n) is 6.21. The number of fused-ring (bicyclic) bond motifs is 1. The molecule has 2 aliphatic rings. The van der Waals surface area contributed by atoms with Gasteiger partial charge in [0.05, 0.1) is 5.92 Å². The second-order valence-electron chi connectivity index (χ2n) is 8.12. The number of hydrogen-bond donors (Lipinski definition) is 0. The number of aryl methyl sites for hydroxylation is 2. The van der Waals surface area contributed by atoms with Gasteiger partial charge in [0.1, 0.15) is 6.33 Å². The largest absolute Gasteiger partial charge is 0.368 e. The van der Waals surface area contributed by atoms with E-state index in [0.29, 0.717) is 25.2 Å². The van der Waals surface area contributed by atoms with Crippen LogP contribution in [0.1, 0.15) is 12.5 Å². The van der Waals surface area contributed by atoms with Crippen LogP contribution in [-0.4, -0.2) is 75.0 Å². The molecule has 10 heteroatoms. The second kappa shape index (κ2) is 7.96. The number of aromatic nitrogens is 5. The van der Waals surface area contributed by atoms with Gasteiger partial charge in [-0.3, -0.25) is 4.79 Å². The van der Waals surface area contributed by atoms with Gasteiger partial charge in [-0.25, -0.2) is 14.6 Å². The van der Waals surface area contributed by atoms with Gasteiger partial charge in [-0.2, -0.15) is 0 Å². The zero-order chi connectivity index (χ0) is 21.5. The molecule has 0 atom stereocenters. The number of amides is 1. The summed E-state index contributed by atoms with van der Waals surface area (Å²) in [5, 5.41) is 9.12. The molecule has 0 saturated carbocycles. The molecule has 0 unspecified atom stereocenters. The molecule has 162 valence electrons. The number of halogens is 1. The number of carbonyl (C=O) groups is 1. The van der Waals surface area contributed by atoms with Crippen molar-refractivity contribution in [1.29, 1.82) is 0 Å². The first-order valence-electron chi connectivity index (χ1n) is 10.6. The van der Waals surface area contributed by atoms with Crippen molar-refractivity contribution in [3.05, 3.63) is 35.1 Å². The smallest absolute Gasteiger partial charge is 0.229 e. The molecule has 2 saturated heterocycles. The van der Waals surface area contributed by atoms with E-state index in [-0.39, 0.29) is 11.8 Å². The maximum Gasteiger partial charge on any atom is 0.229 e. The van der Waals surface area contributed by atoms with E-state index in [1.54, 1.807) is 11.0 Å². The van der Waals surface area contributed by atoms with Gasteiger partial charge in [0, 0.05) is 56.5 Å². The van der Waals surface area contributed by atoms with E-state index in [4.69, 9.17) is 11.6 Å². The lowest BCUT2D eigenvalue weighted by Crippen LogP contribution is -2.58. The van der Waals surface area contributed by atoms with Crippen molar-refractivity contribution in [3.63, 3.8) is 0 Å². The number of benzene rings is 1. The molecule has 0 spiro atoms. The predicted molar refractivity (Wildman–Crippen MR) is 119 cm³/mol. The van der Waals surface area contributed by atoms with Crippen molar-refractivity contribution in [2.24, 2.45) is 5.92 Å². The highest BCUT2D eigenvalue weighted by atomic mass is 35.5. The summed E-state index contributed by atoms with van der Waals surface area (Å²) in [7, 11) is 0. The molecular weight excluding hydrogens is 416 g/mol. The van der Waals surface area contributed by atoms with Gasteiger partial charge < -0.3 is 14.7 Å². The standard InChI is InChI=1S/C21H25ClN8O/c1-3-30-20-18(25-26-30)19(23-13-24-20)29-11-15(12-29)21(31)28-8-6-27(7-9-28)17-10-16(22)5-4-14(17)2/h4-5,10,13,15H,3,6-9,11-12H2,1-2H3. The molecule has 4 heterocycles. The summed E-state index contributed by atoms with van der Waals surface area (Å²) in [6.07, 6.45) is 1.54. The summed E-state index contributed by atoms with van der Waals surface area (Å²) >= 11 is 6.18. The van der Waals surface area contributed by atoms with Crippen LogP contribution in [0.15, 0.2) is 24.5 Å². The highest BCUT2D eigenvalue weighted by Gasteiger charge is 2.38. The fraction of sp³-hybridized carbons (Fsp3) is 0.476. The Morgan fingerprint density at radius 2 is 1.90 bits per heavy atom. The third-order valence-corrected chi connectivity index (χ3v) is 6.45. The number of hydrogen-bond acceptors (Lipinski definition) is 7. The maximum absolute atomic E-state index is 13.0. The molecule has 9 nitrogen and oxygen atoms in total. The van der Waals surface area contributed by atoms with Crippen LogP contribution in [0, 0.1) is 12.8 Å². The Morgan fingerprint density at radius 3 is 2.65 bits per heavy atom. The molecule has 1 amide bonds. The lowest BCUT2D eigenvalue weighted by Gasteiger charge is -2.43. The maximum atomic E-state index is 13.0. The van der Waals surface area contributed by atoms with Crippen LogP contribution in [0.5, 0.6) is 0 Å². The lowest BCUT2D eigenvalue weighted by molar-refractivity contribution is -0.136. The monoisotopic (exact) mass is 440 g/mol. The second-order valence-corrected chi connectivity index (χ2v) is 8.56. The van der Waals surface area contributed by atoms with Crippen LogP contribution in [0.25, 0.3) is 11.2 Å². The number of anilines is 2. The molecule has 2 aliphatic heterocycles. The Hall–Kier alpha value is -2.94. The minimum Gasteiger partial charge on any atom is -0.368 e. The van der Waals surface area contributed by atoms with Crippen molar-refractivity contribution >= 4 is 40.2 Å². The molecule has 0 N–H and O–H groups in total. The molecule has 0 aliphatic carbocycles. The van der Waals surface area contributed by atoms with Crippen LogP contribution in [0.2, 0.25) is 5.02 Å². The van der Waals surface area contributed by atoms with Crippen LogP contribution in [-0.2, 0) is 11.3 Å². The van der Waals surface area contributed by atoms with E-state index in [9.17, 15) is 4.79 Å². The van der Waals surface area contributed by atoms with Crippen LogP contribution in [0.4, 0.5) is 11.5 Å². The van der Waals surface area contributed by atoms with Crippen molar-refractivity contribution in [2.45, 2.75) is 20.4 Å². The highest BCUT2D eigenvalue weighted by Crippen LogP contribution is 2.30. The molecule has 3 aromatic rings. The topological polar surface area (TPSA) is 83.3 Å². The van der Waals surface area contributed by atoms with E-state index >= 15 is 0 Å². The quantitative estimate of drug-likeness (QED) is 0.613. The van der Waals surface area contributed by atoms with Crippen molar-refractivity contribution in [3.8, 4) is 0 Å². The third kappa shape index (κ3) is 3.56. The molecule has 0 bridgehead atoms. The first-order chi connectivity index (χ1) is 15.0. The molecule has 0 radical (unpaired) electrons. The van der Waals surface area contributed by atoms with Gasteiger partial charge >= 0.3 is 0 Å². The summed E-state index contributed by atoms with van der Waals surface area (Å²) < 4.78 is 1.75. The summed E-state index contributed by atoms with van der Waals surface area (Å²) in [5.41, 5.74) is 3.78. The Labute approximate surface area is 185 Å². The summed E-state index contributed by atoms with van der Waals surface area (Å²) in [6.45, 7) is 9.18. The van der Waals surface area contributed by atoms with Crippen LogP contribution >= 0.6 is 11.6 Å². The van der Waals surface area contributed by atoms with Gasteiger partial charge in [0.2, 0.25) is 5.91 Å². The predicted octanol–water partition coefficient (Wildman–Crippen LogP) is 1.99. The fourth-order valence-electron chi connectivity index (χ4n) is 4.38. The van der Waals surface area contributed by atoms with E-state index < -0.39 is 0 Å². The zero-order valence-corrected chi connectivity index (χ0v) is 18.5. The highest BCUT2D eigenvalue weighted by molar-refractivity contribution is 6.30. The van der Waals surface area contributed by atoms with Crippen molar-refractivity contribution in [1.82, 2.24) is 29.9 Å². The van der Waals surface area contributed by atoms with Crippen molar-refractivity contribution in [2.75, 3.05) is 49.1 Å². The van der Waals surface area contributed by atoms with Gasteiger partial charge in [-0.1, -0.05) is 22.9 Å². The average molecular weight is 441 g/mol. The Morgan fingerprint density at radius 1 is 1.13 bits per heavy atom. The van der Waals surface area contributed by atoms with E-state index in [1.165, 1.54) is 5.56 Å². The summed E-state index contributed by atoms with van der Waals surface area (Å²) in [6, 6.07) is 5.97. The first kappa shape index (κ1) is 20.0. The average Bonchev–Trinajstić information content (AvgIpc) is 3.18. The van der Waals surface area contributed by atoms with Gasteiger partial charge in [-0.05, 0) is 31.5 Å². The molecule has 2 fully saturated rings. The molecule has 5 rings (SSSR count). The van der Waals surface area contributed by atoms with E-state index in [2.05, 4.69) is 37.0 Å². The van der Waals surface area contributed by atoms with Gasteiger partial charge in [0.15, 0.2) is 17.0 Å². The van der Waals surface area contributed by atoms with Gasteiger partial charge in [0.25, 0.3) is 0 Å². The zero-order valence-electron chi connectivity index (χ0n) is 17.7. The minimum absolute atomic E-state index is 0.00862. The van der Waals surface area contributed by atoms with Gasteiger partial charge in [-0.15, -0.1) is 5.10 Å². The summed E-state index contributed by atoms with van der Waals surface area (Å²) in [5.74, 6) is 0.974. The fourth-order valence-corrected chi connectivity index (χ4v) is 4.55. The Bertz CT molecular complexity index is 1120. The van der Waals surface area contributed by atoms with E-state index in [1.807, 2.05) is 30.0 Å². The van der Waals surface area contributed by atoms with Crippen LogP contribution < -0.4 is 9.80 Å². The molecular formula is C21H25ClN8O. The number of nitrogens with zero attached hydrogens (tertiary/aromatic N) is 8. The van der Waals surface area contributed by atoms with Crippen LogP contribution in [0.3, 0.4) is 0 Å². The number of piperazine rings is 1. The normalized spacial score (nSPS) is 17.3.